The van der Waals surface area contributed by atoms with Crippen molar-refractivity contribution in [3.63, 3.8) is 0 Å². The molecule has 1 saturated heterocycles. The van der Waals surface area contributed by atoms with Crippen molar-refractivity contribution >= 4 is 29.6 Å². The Labute approximate surface area is 146 Å². The van der Waals surface area contributed by atoms with E-state index in [1.165, 1.54) is 16.7 Å². The van der Waals surface area contributed by atoms with Crippen molar-refractivity contribution in [2.75, 3.05) is 18.8 Å². The zero-order valence-electron chi connectivity index (χ0n) is 14.2. The molecule has 24 heavy (non-hydrogen) atoms. The molecule has 6 nitrogen and oxygen atoms in total. The second kappa shape index (κ2) is 7.70. The summed E-state index contributed by atoms with van der Waals surface area (Å²) >= 11 is 1.50. The van der Waals surface area contributed by atoms with Crippen molar-refractivity contribution in [3.05, 3.63) is 29.8 Å². The van der Waals surface area contributed by atoms with Gasteiger partial charge in [-0.05, 0) is 38.8 Å². The van der Waals surface area contributed by atoms with E-state index in [0.717, 1.165) is 10.5 Å². The molecule has 1 aliphatic heterocycles. The Balaban J connectivity index is 1.67. The number of urea groups is 1. The molecule has 130 valence electrons. The van der Waals surface area contributed by atoms with Crippen LogP contribution in [-0.2, 0) is 9.59 Å². The van der Waals surface area contributed by atoms with Gasteiger partial charge < -0.3 is 10.6 Å². The van der Waals surface area contributed by atoms with Crippen molar-refractivity contribution in [3.8, 4) is 0 Å². The average Bonchev–Trinajstić information content (AvgIpc) is 2.71. The van der Waals surface area contributed by atoms with Crippen molar-refractivity contribution in [1.29, 1.82) is 0 Å². The van der Waals surface area contributed by atoms with Crippen molar-refractivity contribution in [2.45, 2.75) is 37.6 Å². The van der Waals surface area contributed by atoms with Crippen LogP contribution in [-0.4, -0.2) is 47.1 Å². The lowest BCUT2D eigenvalue weighted by Gasteiger charge is -2.16. The van der Waals surface area contributed by atoms with Gasteiger partial charge in [0.15, 0.2) is 0 Å². The van der Waals surface area contributed by atoms with Crippen LogP contribution >= 0.6 is 11.8 Å². The average molecular weight is 349 g/mol. The van der Waals surface area contributed by atoms with Gasteiger partial charge in [-0.1, -0.05) is 18.2 Å². The number of hydrogen-bond donors (Lipinski definition) is 2. The number of nitrogens with one attached hydrogen (secondary N) is 2. The maximum absolute atomic E-state index is 12.0. The summed E-state index contributed by atoms with van der Waals surface area (Å²) < 4.78 is 0. The topological polar surface area (TPSA) is 78.5 Å². The van der Waals surface area contributed by atoms with E-state index in [1.807, 2.05) is 31.2 Å². The quantitative estimate of drug-likeness (QED) is 0.448. The Bertz CT molecular complexity index is 646. The lowest BCUT2D eigenvalue weighted by molar-refractivity contribution is -0.130. The number of nitrogens with zero attached hydrogens (tertiary/aromatic N) is 1. The maximum atomic E-state index is 12.0. The van der Waals surface area contributed by atoms with E-state index in [9.17, 15) is 14.4 Å². The molecule has 0 radical (unpaired) electrons. The van der Waals surface area contributed by atoms with Gasteiger partial charge in [-0.3, -0.25) is 14.5 Å². The number of benzene rings is 1. The van der Waals surface area contributed by atoms with Gasteiger partial charge in [0.2, 0.25) is 5.91 Å². The minimum atomic E-state index is -0.843. The van der Waals surface area contributed by atoms with Gasteiger partial charge >= 0.3 is 6.03 Å². The van der Waals surface area contributed by atoms with E-state index in [2.05, 4.69) is 10.6 Å². The third-order valence-electron chi connectivity index (χ3n) is 3.78. The van der Waals surface area contributed by atoms with Gasteiger partial charge in [-0.2, -0.15) is 0 Å². The van der Waals surface area contributed by atoms with Crippen LogP contribution in [0.15, 0.2) is 29.2 Å². The predicted molar refractivity (Wildman–Crippen MR) is 93.9 cm³/mol. The standard InChI is InChI=1S/C17H23N3O3S/c1-12-7-4-5-8-13(12)24-11-14(21)18-9-6-10-20-15(22)17(2,3)19-16(20)23/h4-5,7-8H,6,9-11H2,1-3H3,(H,18,21)(H,19,23). The zero-order valence-corrected chi connectivity index (χ0v) is 15.0. The molecule has 0 saturated carbocycles. The third kappa shape index (κ3) is 4.50. The minimum Gasteiger partial charge on any atom is -0.355 e. The Morgan fingerprint density at radius 3 is 2.62 bits per heavy atom. The van der Waals surface area contributed by atoms with E-state index in [-0.39, 0.29) is 17.8 Å². The van der Waals surface area contributed by atoms with Crippen LogP contribution in [0, 0.1) is 6.92 Å². The summed E-state index contributed by atoms with van der Waals surface area (Å²) in [6, 6.07) is 7.56. The van der Waals surface area contributed by atoms with E-state index in [0.29, 0.717) is 25.3 Å². The summed E-state index contributed by atoms with van der Waals surface area (Å²) in [7, 11) is 0. The second-order valence-electron chi connectivity index (χ2n) is 6.27. The van der Waals surface area contributed by atoms with E-state index < -0.39 is 5.54 Å². The van der Waals surface area contributed by atoms with Crippen LogP contribution in [0.5, 0.6) is 0 Å². The summed E-state index contributed by atoms with van der Waals surface area (Å²) in [5.41, 5.74) is 0.307. The number of imide groups is 1. The summed E-state index contributed by atoms with van der Waals surface area (Å²) in [6.45, 7) is 6.11. The number of carbonyl (C=O) groups is 3. The molecule has 1 aromatic rings. The summed E-state index contributed by atoms with van der Waals surface area (Å²) in [5, 5.41) is 5.45. The monoisotopic (exact) mass is 349 g/mol. The van der Waals surface area contributed by atoms with Crippen molar-refractivity contribution < 1.29 is 14.4 Å². The first kappa shape index (κ1) is 18.3. The van der Waals surface area contributed by atoms with Crippen LogP contribution in [0.2, 0.25) is 0 Å². The third-order valence-corrected chi connectivity index (χ3v) is 4.95. The van der Waals surface area contributed by atoms with E-state index in [1.54, 1.807) is 13.8 Å². The number of carbonyl (C=O) groups excluding carboxylic acids is 3. The molecule has 1 aromatic carbocycles. The Morgan fingerprint density at radius 2 is 2.00 bits per heavy atom. The first-order valence-electron chi connectivity index (χ1n) is 7.90. The predicted octanol–water partition coefficient (Wildman–Crippen LogP) is 1.92. The van der Waals surface area contributed by atoms with Gasteiger partial charge in [0.1, 0.15) is 5.54 Å². The van der Waals surface area contributed by atoms with Gasteiger partial charge in [-0.25, -0.2) is 4.79 Å². The molecule has 0 spiro atoms. The highest BCUT2D eigenvalue weighted by Gasteiger charge is 2.43. The Kier molecular flexibility index (Phi) is 5.88. The highest BCUT2D eigenvalue weighted by Crippen LogP contribution is 2.21. The zero-order chi connectivity index (χ0) is 17.7. The molecule has 0 aliphatic carbocycles. The van der Waals surface area contributed by atoms with Gasteiger partial charge in [0, 0.05) is 18.0 Å². The van der Waals surface area contributed by atoms with E-state index >= 15 is 0 Å². The largest absolute Gasteiger partial charge is 0.355 e. The number of thioether (sulfide) groups is 1. The highest BCUT2D eigenvalue weighted by atomic mass is 32.2. The molecule has 2 N–H and O–H groups in total. The van der Waals surface area contributed by atoms with Crippen LogP contribution in [0.1, 0.15) is 25.8 Å². The number of aryl methyl sites for hydroxylation is 1. The molecular weight excluding hydrogens is 326 g/mol. The molecule has 1 aliphatic rings. The number of rotatable bonds is 7. The molecule has 0 aromatic heterocycles. The van der Waals surface area contributed by atoms with E-state index in [4.69, 9.17) is 0 Å². The van der Waals surface area contributed by atoms with Crippen LogP contribution in [0.4, 0.5) is 4.79 Å². The molecule has 0 bridgehead atoms. The molecule has 4 amide bonds. The fraction of sp³-hybridized carbons (Fsp3) is 0.471. The SMILES string of the molecule is Cc1ccccc1SCC(=O)NCCCN1C(=O)NC(C)(C)C1=O. The molecule has 2 rings (SSSR count). The van der Waals surface area contributed by atoms with Crippen molar-refractivity contribution in [1.82, 2.24) is 15.5 Å². The fourth-order valence-corrected chi connectivity index (χ4v) is 3.26. The number of hydrogen-bond acceptors (Lipinski definition) is 4. The van der Waals surface area contributed by atoms with Crippen LogP contribution in [0.25, 0.3) is 0 Å². The minimum absolute atomic E-state index is 0.0548. The molecule has 1 fully saturated rings. The summed E-state index contributed by atoms with van der Waals surface area (Å²) in [6.07, 6.45) is 0.538. The van der Waals surface area contributed by atoms with Gasteiger partial charge in [0.05, 0.1) is 5.75 Å². The lowest BCUT2D eigenvalue weighted by atomic mass is 10.1. The van der Waals surface area contributed by atoms with Crippen molar-refractivity contribution in [2.24, 2.45) is 0 Å². The Morgan fingerprint density at radius 1 is 1.29 bits per heavy atom. The molecule has 0 unspecified atom stereocenters. The fourth-order valence-electron chi connectivity index (χ4n) is 2.40. The second-order valence-corrected chi connectivity index (χ2v) is 7.29. The van der Waals surface area contributed by atoms with Crippen LogP contribution < -0.4 is 10.6 Å². The molecule has 7 heteroatoms. The highest BCUT2D eigenvalue weighted by molar-refractivity contribution is 8.00. The maximum Gasteiger partial charge on any atom is 0.325 e. The Hall–Kier alpha value is -2.02. The normalized spacial score (nSPS) is 16.2. The molecule has 1 heterocycles. The van der Waals surface area contributed by atoms with Gasteiger partial charge in [-0.15, -0.1) is 11.8 Å². The summed E-state index contributed by atoms with van der Waals surface area (Å²) in [5.74, 6) is 0.0656. The summed E-state index contributed by atoms with van der Waals surface area (Å²) in [4.78, 5) is 37.9. The lowest BCUT2D eigenvalue weighted by Crippen LogP contribution is -2.40. The smallest absolute Gasteiger partial charge is 0.325 e. The van der Waals surface area contributed by atoms with Gasteiger partial charge in [0.25, 0.3) is 5.91 Å². The molecule has 0 atom stereocenters. The molecular formula is C17H23N3O3S. The first-order valence-corrected chi connectivity index (χ1v) is 8.89. The first-order chi connectivity index (χ1) is 11.3. The van der Waals surface area contributed by atoms with Crippen LogP contribution in [0.3, 0.4) is 0 Å². The number of amides is 4.